The third-order valence-corrected chi connectivity index (χ3v) is 1.55. The first-order valence-corrected chi connectivity index (χ1v) is 3.52. The summed E-state index contributed by atoms with van der Waals surface area (Å²) in [5.74, 6) is -3.10. The summed E-state index contributed by atoms with van der Waals surface area (Å²) in [5, 5.41) is 23.8. The van der Waals surface area contributed by atoms with Crippen LogP contribution in [-0.2, 0) is 9.59 Å². The predicted octanol–water partition coefficient (Wildman–Crippen LogP) is 0.592. The molecular formula is C7H11NO4. The molecule has 5 nitrogen and oxygen atoms in total. The highest BCUT2D eigenvalue weighted by atomic mass is 16.4. The first-order chi connectivity index (χ1) is 5.49. The average Bonchev–Trinajstić information content (AvgIpc) is 1.98. The Bertz CT molecular complexity index is 211. The van der Waals surface area contributed by atoms with Crippen LogP contribution in [0.3, 0.4) is 0 Å². The zero-order chi connectivity index (χ0) is 9.72. The van der Waals surface area contributed by atoms with Crippen molar-refractivity contribution in [3.8, 4) is 0 Å². The van der Waals surface area contributed by atoms with E-state index in [9.17, 15) is 9.59 Å². The number of carboxylic acid groups (broad SMARTS) is 2. The Labute approximate surface area is 69.5 Å². The van der Waals surface area contributed by atoms with Crippen LogP contribution < -0.4 is 0 Å². The maximum Gasteiger partial charge on any atom is 0.349 e. The van der Waals surface area contributed by atoms with Gasteiger partial charge < -0.3 is 10.2 Å². The third-order valence-electron chi connectivity index (χ3n) is 1.55. The molecule has 68 valence electrons. The number of rotatable bonds is 5. The number of nitrogens with one attached hydrogen (secondary N) is 1. The Morgan fingerprint density at radius 3 is 2.17 bits per heavy atom. The SMILES string of the molecule is CC[C@H](CC(=O)O)C(=N)C(=O)O. The van der Waals surface area contributed by atoms with E-state index in [1.54, 1.807) is 6.92 Å². The summed E-state index contributed by atoms with van der Waals surface area (Å²) < 4.78 is 0. The summed E-state index contributed by atoms with van der Waals surface area (Å²) in [4.78, 5) is 20.5. The minimum Gasteiger partial charge on any atom is -0.481 e. The van der Waals surface area contributed by atoms with Gasteiger partial charge in [0, 0.05) is 5.92 Å². The molecule has 12 heavy (non-hydrogen) atoms. The lowest BCUT2D eigenvalue weighted by atomic mass is 9.97. The lowest BCUT2D eigenvalue weighted by Crippen LogP contribution is -2.24. The molecule has 0 aliphatic carbocycles. The molecule has 0 spiro atoms. The van der Waals surface area contributed by atoms with Crippen LogP contribution in [0.5, 0.6) is 0 Å². The molecule has 0 aliphatic rings. The number of aliphatic carboxylic acids is 2. The molecular weight excluding hydrogens is 162 g/mol. The van der Waals surface area contributed by atoms with E-state index >= 15 is 0 Å². The van der Waals surface area contributed by atoms with Crippen molar-refractivity contribution >= 4 is 17.7 Å². The summed E-state index contributed by atoms with van der Waals surface area (Å²) >= 11 is 0. The van der Waals surface area contributed by atoms with Crippen LogP contribution in [0.4, 0.5) is 0 Å². The Kier molecular flexibility index (Phi) is 3.96. The minimum atomic E-state index is -1.34. The average molecular weight is 173 g/mol. The molecule has 0 aliphatic heterocycles. The molecule has 3 N–H and O–H groups in total. The van der Waals surface area contributed by atoms with Gasteiger partial charge in [-0.05, 0) is 6.42 Å². The molecule has 0 unspecified atom stereocenters. The first kappa shape index (κ1) is 10.6. The first-order valence-electron chi connectivity index (χ1n) is 3.52. The maximum absolute atomic E-state index is 10.3. The van der Waals surface area contributed by atoms with E-state index in [0.29, 0.717) is 6.42 Å². The van der Waals surface area contributed by atoms with E-state index < -0.39 is 23.6 Å². The molecule has 0 rings (SSSR count). The fourth-order valence-electron chi connectivity index (χ4n) is 0.836. The smallest absolute Gasteiger partial charge is 0.349 e. The second kappa shape index (κ2) is 4.48. The van der Waals surface area contributed by atoms with E-state index in [0.717, 1.165) is 0 Å². The van der Waals surface area contributed by atoms with Crippen LogP contribution in [0.1, 0.15) is 19.8 Å². The molecule has 0 saturated carbocycles. The maximum atomic E-state index is 10.3. The van der Waals surface area contributed by atoms with E-state index in [4.69, 9.17) is 15.6 Å². The van der Waals surface area contributed by atoms with Crippen molar-refractivity contribution in [3.63, 3.8) is 0 Å². The summed E-state index contributed by atoms with van der Waals surface area (Å²) in [5.41, 5.74) is -0.528. The zero-order valence-corrected chi connectivity index (χ0v) is 6.70. The Balaban J connectivity index is 4.24. The molecule has 0 aromatic rings. The minimum absolute atomic E-state index is 0.290. The molecule has 0 bridgehead atoms. The molecule has 0 heterocycles. The summed E-state index contributed by atoms with van der Waals surface area (Å²) in [6.07, 6.45) is 0.0685. The number of carbonyl (C=O) groups is 2. The Morgan fingerprint density at radius 1 is 1.42 bits per heavy atom. The van der Waals surface area contributed by atoms with Crippen molar-refractivity contribution in [2.24, 2.45) is 5.92 Å². The Hall–Kier alpha value is -1.39. The largest absolute Gasteiger partial charge is 0.481 e. The van der Waals surface area contributed by atoms with Gasteiger partial charge in [-0.3, -0.25) is 10.2 Å². The van der Waals surface area contributed by atoms with Crippen molar-refractivity contribution in [3.05, 3.63) is 0 Å². The van der Waals surface area contributed by atoms with Crippen LogP contribution in [0, 0.1) is 11.3 Å². The second-order valence-corrected chi connectivity index (χ2v) is 2.42. The molecule has 0 radical (unpaired) electrons. The quantitative estimate of drug-likeness (QED) is 0.530. The highest BCUT2D eigenvalue weighted by Gasteiger charge is 2.21. The van der Waals surface area contributed by atoms with Crippen LogP contribution >= 0.6 is 0 Å². The van der Waals surface area contributed by atoms with E-state index in [1.807, 2.05) is 0 Å². The molecule has 5 heteroatoms. The van der Waals surface area contributed by atoms with Crippen LogP contribution in [-0.4, -0.2) is 27.9 Å². The third kappa shape index (κ3) is 3.14. The van der Waals surface area contributed by atoms with Gasteiger partial charge in [0.1, 0.15) is 5.71 Å². The molecule has 1 atom stereocenters. The molecule has 0 aromatic heterocycles. The molecule has 0 saturated heterocycles. The monoisotopic (exact) mass is 173 g/mol. The van der Waals surface area contributed by atoms with Crippen LogP contribution in [0.15, 0.2) is 0 Å². The van der Waals surface area contributed by atoms with Crippen molar-refractivity contribution in [1.82, 2.24) is 0 Å². The summed E-state index contributed by atoms with van der Waals surface area (Å²) in [7, 11) is 0. The lowest BCUT2D eigenvalue weighted by molar-refractivity contribution is -0.137. The normalized spacial score (nSPS) is 12.1. The topological polar surface area (TPSA) is 98.5 Å². The summed E-state index contributed by atoms with van der Waals surface area (Å²) in [6, 6.07) is 0. The van der Waals surface area contributed by atoms with E-state index in [-0.39, 0.29) is 6.42 Å². The van der Waals surface area contributed by atoms with Gasteiger partial charge in [-0.2, -0.15) is 0 Å². The molecule has 0 amide bonds. The highest BCUT2D eigenvalue weighted by molar-refractivity contribution is 6.35. The van der Waals surface area contributed by atoms with E-state index in [2.05, 4.69) is 0 Å². The summed E-state index contributed by atoms with van der Waals surface area (Å²) in [6.45, 7) is 1.66. The van der Waals surface area contributed by atoms with Gasteiger partial charge in [-0.25, -0.2) is 4.79 Å². The fourth-order valence-corrected chi connectivity index (χ4v) is 0.836. The molecule has 0 aromatic carbocycles. The lowest BCUT2D eigenvalue weighted by Gasteiger charge is -2.09. The zero-order valence-electron chi connectivity index (χ0n) is 6.70. The Morgan fingerprint density at radius 2 is 1.92 bits per heavy atom. The van der Waals surface area contributed by atoms with Crippen molar-refractivity contribution in [2.75, 3.05) is 0 Å². The number of hydrogen-bond acceptors (Lipinski definition) is 3. The van der Waals surface area contributed by atoms with Gasteiger partial charge >= 0.3 is 11.9 Å². The standard InChI is InChI=1S/C7H11NO4/c1-2-4(3-5(9)10)6(8)7(11)12/h4,8H,2-3H2,1H3,(H,9,10)(H,11,12)/t4-/m1/s1. The number of carboxylic acids is 2. The van der Waals surface area contributed by atoms with Gasteiger partial charge in [0.15, 0.2) is 0 Å². The van der Waals surface area contributed by atoms with Gasteiger partial charge in [-0.15, -0.1) is 0 Å². The van der Waals surface area contributed by atoms with Gasteiger partial charge in [0.05, 0.1) is 6.42 Å². The van der Waals surface area contributed by atoms with Crippen molar-refractivity contribution < 1.29 is 19.8 Å². The van der Waals surface area contributed by atoms with Gasteiger partial charge in [0.25, 0.3) is 0 Å². The van der Waals surface area contributed by atoms with Crippen molar-refractivity contribution in [2.45, 2.75) is 19.8 Å². The van der Waals surface area contributed by atoms with Gasteiger partial charge in [0.2, 0.25) is 0 Å². The molecule has 0 fully saturated rings. The predicted molar refractivity (Wildman–Crippen MR) is 41.4 cm³/mol. The van der Waals surface area contributed by atoms with Crippen LogP contribution in [0.2, 0.25) is 0 Å². The number of hydrogen-bond donors (Lipinski definition) is 3. The highest BCUT2D eigenvalue weighted by Crippen LogP contribution is 2.09. The fraction of sp³-hybridized carbons (Fsp3) is 0.571. The van der Waals surface area contributed by atoms with Gasteiger partial charge in [-0.1, -0.05) is 6.92 Å². The van der Waals surface area contributed by atoms with Crippen molar-refractivity contribution in [1.29, 1.82) is 5.41 Å². The van der Waals surface area contributed by atoms with Crippen LogP contribution in [0.25, 0.3) is 0 Å². The second-order valence-electron chi connectivity index (χ2n) is 2.42. The van der Waals surface area contributed by atoms with E-state index in [1.165, 1.54) is 0 Å².